The Bertz CT molecular complexity index is 353. The van der Waals surface area contributed by atoms with E-state index in [1.807, 2.05) is 6.92 Å². The number of carboxylic acid groups (broad SMARTS) is 1. The summed E-state index contributed by atoms with van der Waals surface area (Å²) >= 11 is 0. The van der Waals surface area contributed by atoms with E-state index in [9.17, 15) is 14.7 Å². The molecule has 0 spiro atoms. The number of carboxylic acids is 1. The summed E-state index contributed by atoms with van der Waals surface area (Å²) in [5.41, 5.74) is 0. The van der Waals surface area contributed by atoms with Gasteiger partial charge in [-0.25, -0.2) is 0 Å². The van der Waals surface area contributed by atoms with Crippen LogP contribution in [0.2, 0.25) is 0 Å². The van der Waals surface area contributed by atoms with Gasteiger partial charge in [0.25, 0.3) is 0 Å². The molecular weight excluding hydrogens is 262 g/mol. The van der Waals surface area contributed by atoms with E-state index >= 15 is 0 Å². The largest absolute Gasteiger partial charge is 0.481 e. The Morgan fingerprint density at radius 1 is 1.25 bits per heavy atom. The molecule has 20 heavy (non-hydrogen) atoms. The number of aliphatic carboxylic acids is 1. The summed E-state index contributed by atoms with van der Waals surface area (Å²) in [6, 6.07) is 0. The predicted molar refractivity (Wildman–Crippen MR) is 71.2 cm³/mol. The Morgan fingerprint density at radius 2 is 2.00 bits per heavy atom. The van der Waals surface area contributed by atoms with E-state index in [0.717, 1.165) is 6.42 Å². The number of hydrogen-bond donors (Lipinski definition) is 2. The minimum absolute atomic E-state index is 0.126. The van der Waals surface area contributed by atoms with E-state index in [1.165, 1.54) is 0 Å². The second kappa shape index (κ2) is 7.04. The molecule has 0 aromatic heterocycles. The highest BCUT2D eigenvalue weighted by atomic mass is 16.6. The number of amides is 1. The Balaban J connectivity index is 1.85. The first-order valence-corrected chi connectivity index (χ1v) is 7.31. The second-order valence-corrected chi connectivity index (χ2v) is 5.61. The number of carbonyl (C=O) groups excluding carboxylic acids is 1. The summed E-state index contributed by atoms with van der Waals surface area (Å²) in [4.78, 5) is 23.5. The molecular formula is C14H23NO5. The van der Waals surface area contributed by atoms with Crippen LogP contribution in [0.5, 0.6) is 0 Å². The monoisotopic (exact) mass is 285 g/mol. The topological polar surface area (TPSA) is 84.9 Å². The molecule has 1 aliphatic carbocycles. The summed E-state index contributed by atoms with van der Waals surface area (Å²) < 4.78 is 10.7. The van der Waals surface area contributed by atoms with E-state index < -0.39 is 17.8 Å². The van der Waals surface area contributed by atoms with Crippen molar-refractivity contribution in [2.24, 2.45) is 17.8 Å². The van der Waals surface area contributed by atoms with Gasteiger partial charge in [0.2, 0.25) is 5.91 Å². The molecule has 114 valence electrons. The lowest BCUT2D eigenvalue weighted by Crippen LogP contribution is -2.43. The van der Waals surface area contributed by atoms with Crippen molar-refractivity contribution in [3.8, 4) is 0 Å². The van der Waals surface area contributed by atoms with Gasteiger partial charge in [0.15, 0.2) is 0 Å². The Kier molecular flexibility index (Phi) is 5.37. The van der Waals surface area contributed by atoms with Crippen LogP contribution in [0.25, 0.3) is 0 Å². The summed E-state index contributed by atoms with van der Waals surface area (Å²) in [5.74, 6) is -1.66. The molecule has 4 unspecified atom stereocenters. The van der Waals surface area contributed by atoms with Gasteiger partial charge < -0.3 is 19.9 Å². The standard InChI is InChI=1S/C14H23NO5/c1-2-9-5-11(12(6-9)14(17)18)13(16)15-7-10-8-19-3-4-20-10/h9-12H,2-8H2,1H3,(H,15,16)(H,17,18). The zero-order valence-corrected chi connectivity index (χ0v) is 11.8. The molecule has 1 saturated carbocycles. The molecule has 6 nitrogen and oxygen atoms in total. The first-order chi connectivity index (χ1) is 9.61. The smallest absolute Gasteiger partial charge is 0.307 e. The summed E-state index contributed by atoms with van der Waals surface area (Å²) in [5, 5.41) is 12.1. The van der Waals surface area contributed by atoms with Crippen LogP contribution in [-0.4, -0.2) is 49.5 Å². The maximum atomic E-state index is 12.2. The third kappa shape index (κ3) is 3.70. The van der Waals surface area contributed by atoms with E-state index in [1.54, 1.807) is 0 Å². The molecule has 6 heteroatoms. The van der Waals surface area contributed by atoms with Crippen LogP contribution < -0.4 is 5.32 Å². The quantitative estimate of drug-likeness (QED) is 0.775. The first kappa shape index (κ1) is 15.3. The number of hydrogen-bond acceptors (Lipinski definition) is 4. The van der Waals surface area contributed by atoms with Crippen molar-refractivity contribution in [1.82, 2.24) is 5.32 Å². The zero-order valence-electron chi connectivity index (χ0n) is 11.8. The van der Waals surface area contributed by atoms with Crippen LogP contribution in [0.4, 0.5) is 0 Å². The van der Waals surface area contributed by atoms with Crippen molar-refractivity contribution >= 4 is 11.9 Å². The molecule has 1 aliphatic heterocycles. The van der Waals surface area contributed by atoms with Crippen molar-refractivity contribution < 1.29 is 24.2 Å². The van der Waals surface area contributed by atoms with Gasteiger partial charge in [0, 0.05) is 6.54 Å². The SMILES string of the molecule is CCC1CC(C(=O)O)C(C(=O)NCC2COCCO2)C1. The number of ether oxygens (including phenoxy) is 2. The molecule has 1 saturated heterocycles. The van der Waals surface area contributed by atoms with E-state index in [-0.39, 0.29) is 12.0 Å². The van der Waals surface area contributed by atoms with Gasteiger partial charge in [-0.2, -0.15) is 0 Å². The van der Waals surface area contributed by atoms with Gasteiger partial charge >= 0.3 is 5.97 Å². The van der Waals surface area contributed by atoms with Crippen molar-refractivity contribution in [3.63, 3.8) is 0 Å². The highest BCUT2D eigenvalue weighted by Crippen LogP contribution is 2.38. The molecule has 0 aromatic rings. The highest BCUT2D eigenvalue weighted by molar-refractivity contribution is 5.85. The molecule has 2 aliphatic rings. The molecule has 1 heterocycles. The van der Waals surface area contributed by atoms with Crippen molar-refractivity contribution in [3.05, 3.63) is 0 Å². The van der Waals surface area contributed by atoms with Gasteiger partial charge in [0.05, 0.1) is 37.8 Å². The number of rotatable bonds is 5. The molecule has 2 N–H and O–H groups in total. The molecule has 0 aromatic carbocycles. The summed E-state index contributed by atoms with van der Waals surface area (Å²) in [6.07, 6.45) is 2.07. The Labute approximate surface area is 118 Å². The van der Waals surface area contributed by atoms with Crippen LogP contribution in [0, 0.1) is 17.8 Å². The summed E-state index contributed by atoms with van der Waals surface area (Å²) in [6.45, 7) is 4.03. The fraction of sp³-hybridized carbons (Fsp3) is 0.857. The first-order valence-electron chi connectivity index (χ1n) is 7.31. The molecule has 0 bridgehead atoms. The summed E-state index contributed by atoms with van der Waals surface area (Å²) in [7, 11) is 0. The third-order valence-corrected chi connectivity index (χ3v) is 4.28. The molecule has 0 radical (unpaired) electrons. The number of carbonyl (C=O) groups is 2. The fourth-order valence-electron chi connectivity index (χ4n) is 3.04. The highest BCUT2D eigenvalue weighted by Gasteiger charge is 2.42. The van der Waals surface area contributed by atoms with Gasteiger partial charge in [0.1, 0.15) is 0 Å². The van der Waals surface area contributed by atoms with Gasteiger partial charge in [-0.1, -0.05) is 13.3 Å². The van der Waals surface area contributed by atoms with Gasteiger partial charge in [-0.3, -0.25) is 9.59 Å². The van der Waals surface area contributed by atoms with Crippen LogP contribution in [0.1, 0.15) is 26.2 Å². The van der Waals surface area contributed by atoms with Crippen molar-refractivity contribution in [1.29, 1.82) is 0 Å². The van der Waals surface area contributed by atoms with Gasteiger partial charge in [-0.05, 0) is 18.8 Å². The van der Waals surface area contributed by atoms with Crippen LogP contribution >= 0.6 is 0 Å². The van der Waals surface area contributed by atoms with Crippen LogP contribution in [-0.2, 0) is 19.1 Å². The predicted octanol–water partition coefficient (Wildman–Crippen LogP) is 0.655. The Hall–Kier alpha value is -1.14. The number of nitrogens with one attached hydrogen (secondary N) is 1. The van der Waals surface area contributed by atoms with Crippen LogP contribution in [0.15, 0.2) is 0 Å². The lowest BCUT2D eigenvalue weighted by molar-refractivity contribution is -0.146. The average molecular weight is 285 g/mol. The van der Waals surface area contributed by atoms with Gasteiger partial charge in [-0.15, -0.1) is 0 Å². The second-order valence-electron chi connectivity index (χ2n) is 5.61. The lowest BCUT2D eigenvalue weighted by Gasteiger charge is -2.24. The molecule has 2 rings (SSSR count). The minimum atomic E-state index is -0.863. The lowest BCUT2D eigenvalue weighted by atomic mass is 9.95. The minimum Gasteiger partial charge on any atom is -0.481 e. The van der Waals surface area contributed by atoms with Crippen LogP contribution in [0.3, 0.4) is 0 Å². The van der Waals surface area contributed by atoms with E-state index in [2.05, 4.69) is 5.32 Å². The normalized spacial score (nSPS) is 33.9. The van der Waals surface area contributed by atoms with Crippen molar-refractivity contribution in [2.75, 3.05) is 26.4 Å². The molecule has 1 amide bonds. The maximum Gasteiger partial charge on any atom is 0.307 e. The molecule has 4 atom stereocenters. The fourth-order valence-corrected chi connectivity index (χ4v) is 3.04. The zero-order chi connectivity index (χ0) is 14.5. The van der Waals surface area contributed by atoms with E-state index in [4.69, 9.17) is 9.47 Å². The van der Waals surface area contributed by atoms with E-state index in [0.29, 0.717) is 45.1 Å². The Morgan fingerprint density at radius 3 is 2.60 bits per heavy atom. The third-order valence-electron chi connectivity index (χ3n) is 4.28. The maximum absolute atomic E-state index is 12.2. The average Bonchev–Trinajstić information content (AvgIpc) is 2.90. The van der Waals surface area contributed by atoms with Crippen molar-refractivity contribution in [2.45, 2.75) is 32.3 Å². The molecule has 2 fully saturated rings.